The maximum Gasteiger partial charge on any atom is 0.221 e. The molecule has 1 aromatic heterocycles. The minimum atomic E-state index is 0.294. The van der Waals surface area contributed by atoms with Crippen LogP contribution in [0.1, 0.15) is 33.6 Å². The number of anilines is 2. The van der Waals surface area contributed by atoms with Crippen LogP contribution in [0.3, 0.4) is 0 Å². The van der Waals surface area contributed by atoms with Crippen LogP contribution in [0, 0.1) is 5.92 Å². The van der Waals surface area contributed by atoms with Crippen molar-refractivity contribution < 1.29 is 0 Å². The van der Waals surface area contributed by atoms with E-state index < -0.39 is 0 Å². The van der Waals surface area contributed by atoms with Crippen LogP contribution >= 0.6 is 15.9 Å². The zero-order valence-corrected chi connectivity index (χ0v) is 11.6. The van der Waals surface area contributed by atoms with E-state index in [0.29, 0.717) is 17.9 Å². The van der Waals surface area contributed by atoms with E-state index in [4.69, 9.17) is 5.73 Å². The SMILES string of the molecule is CCC(CC)C(C)Nc1nc(N)ncc1Br. The second-order valence-corrected chi connectivity index (χ2v) is 4.79. The zero-order chi connectivity index (χ0) is 12.1. The molecule has 0 spiro atoms. The third-order valence-electron chi connectivity index (χ3n) is 2.88. The number of hydrogen-bond donors (Lipinski definition) is 2. The molecule has 1 heterocycles. The highest BCUT2D eigenvalue weighted by molar-refractivity contribution is 9.10. The second kappa shape index (κ2) is 6.03. The van der Waals surface area contributed by atoms with Crippen LogP contribution in [0.5, 0.6) is 0 Å². The van der Waals surface area contributed by atoms with Crippen molar-refractivity contribution in [1.29, 1.82) is 0 Å². The molecule has 1 unspecified atom stereocenters. The summed E-state index contributed by atoms with van der Waals surface area (Å²) in [7, 11) is 0. The quantitative estimate of drug-likeness (QED) is 0.873. The topological polar surface area (TPSA) is 63.8 Å². The molecule has 0 bridgehead atoms. The Morgan fingerprint density at radius 1 is 1.44 bits per heavy atom. The van der Waals surface area contributed by atoms with Gasteiger partial charge in [0, 0.05) is 12.2 Å². The molecule has 4 nitrogen and oxygen atoms in total. The molecule has 1 atom stereocenters. The molecule has 0 saturated heterocycles. The first-order chi connectivity index (χ1) is 7.58. The van der Waals surface area contributed by atoms with Gasteiger partial charge in [-0.25, -0.2) is 4.98 Å². The number of nitrogens with one attached hydrogen (secondary N) is 1. The van der Waals surface area contributed by atoms with Crippen molar-refractivity contribution in [3.05, 3.63) is 10.7 Å². The molecule has 1 aromatic rings. The Balaban J connectivity index is 2.75. The standard InChI is InChI=1S/C11H19BrN4/c1-4-8(5-2)7(3)15-10-9(12)6-14-11(13)16-10/h6-8H,4-5H2,1-3H3,(H3,13,14,15,16). The van der Waals surface area contributed by atoms with E-state index in [0.717, 1.165) is 23.1 Å². The molecular weight excluding hydrogens is 268 g/mol. The number of aromatic nitrogens is 2. The minimum absolute atomic E-state index is 0.294. The van der Waals surface area contributed by atoms with E-state index in [2.05, 4.69) is 52.0 Å². The Labute approximate surface area is 105 Å². The van der Waals surface area contributed by atoms with Gasteiger partial charge < -0.3 is 11.1 Å². The van der Waals surface area contributed by atoms with Gasteiger partial charge in [0.1, 0.15) is 5.82 Å². The first-order valence-corrected chi connectivity index (χ1v) is 6.42. The monoisotopic (exact) mass is 286 g/mol. The van der Waals surface area contributed by atoms with Crippen LogP contribution in [-0.4, -0.2) is 16.0 Å². The molecule has 1 rings (SSSR count). The summed E-state index contributed by atoms with van der Waals surface area (Å²) < 4.78 is 0.847. The fourth-order valence-corrected chi connectivity index (χ4v) is 2.12. The van der Waals surface area contributed by atoms with Crippen molar-refractivity contribution in [3.8, 4) is 0 Å². The molecule has 0 aliphatic carbocycles. The smallest absolute Gasteiger partial charge is 0.221 e. The Kier molecular flexibility index (Phi) is 4.99. The van der Waals surface area contributed by atoms with Crippen molar-refractivity contribution >= 4 is 27.7 Å². The van der Waals surface area contributed by atoms with Gasteiger partial charge in [-0.05, 0) is 28.8 Å². The lowest BCUT2D eigenvalue weighted by Crippen LogP contribution is -2.26. The van der Waals surface area contributed by atoms with E-state index in [1.807, 2.05) is 0 Å². The van der Waals surface area contributed by atoms with Crippen LogP contribution in [0.4, 0.5) is 11.8 Å². The summed E-state index contributed by atoms with van der Waals surface area (Å²) in [6, 6.07) is 0.376. The summed E-state index contributed by atoms with van der Waals surface area (Å²) >= 11 is 3.41. The molecule has 0 saturated carbocycles. The number of nitrogens with zero attached hydrogens (tertiary/aromatic N) is 2. The third kappa shape index (κ3) is 3.33. The first kappa shape index (κ1) is 13.2. The Morgan fingerprint density at radius 2 is 2.06 bits per heavy atom. The Morgan fingerprint density at radius 3 is 2.62 bits per heavy atom. The van der Waals surface area contributed by atoms with Gasteiger partial charge in [-0.15, -0.1) is 0 Å². The molecule has 5 heteroatoms. The highest BCUT2D eigenvalue weighted by atomic mass is 79.9. The summed E-state index contributed by atoms with van der Waals surface area (Å²) in [6.45, 7) is 6.58. The van der Waals surface area contributed by atoms with Crippen molar-refractivity contribution in [2.75, 3.05) is 11.1 Å². The van der Waals surface area contributed by atoms with Crippen LogP contribution in [0.15, 0.2) is 10.7 Å². The van der Waals surface area contributed by atoms with Crippen molar-refractivity contribution in [2.24, 2.45) is 5.92 Å². The van der Waals surface area contributed by atoms with E-state index in [-0.39, 0.29) is 0 Å². The lowest BCUT2D eigenvalue weighted by molar-refractivity contribution is 0.437. The number of rotatable bonds is 5. The van der Waals surface area contributed by atoms with Crippen LogP contribution in [0.2, 0.25) is 0 Å². The molecule has 3 N–H and O–H groups in total. The van der Waals surface area contributed by atoms with E-state index >= 15 is 0 Å². The van der Waals surface area contributed by atoms with Gasteiger partial charge in [0.15, 0.2) is 0 Å². The molecule has 90 valence electrons. The second-order valence-electron chi connectivity index (χ2n) is 3.93. The van der Waals surface area contributed by atoms with Gasteiger partial charge in [-0.3, -0.25) is 0 Å². The maximum atomic E-state index is 5.56. The normalized spacial score (nSPS) is 12.8. The first-order valence-electron chi connectivity index (χ1n) is 5.63. The lowest BCUT2D eigenvalue weighted by Gasteiger charge is -2.23. The van der Waals surface area contributed by atoms with Gasteiger partial charge in [0.2, 0.25) is 5.95 Å². The summed E-state index contributed by atoms with van der Waals surface area (Å²) in [5.41, 5.74) is 5.56. The average molecular weight is 287 g/mol. The molecule has 0 aromatic carbocycles. The van der Waals surface area contributed by atoms with Gasteiger partial charge in [0.05, 0.1) is 4.47 Å². The number of hydrogen-bond acceptors (Lipinski definition) is 4. The van der Waals surface area contributed by atoms with E-state index in [1.54, 1.807) is 6.20 Å². The summed E-state index contributed by atoms with van der Waals surface area (Å²) in [6.07, 6.45) is 3.98. The lowest BCUT2D eigenvalue weighted by atomic mass is 9.95. The number of nitrogens with two attached hydrogens (primary N) is 1. The van der Waals surface area contributed by atoms with E-state index in [1.165, 1.54) is 0 Å². The summed E-state index contributed by atoms with van der Waals surface area (Å²) in [4.78, 5) is 8.08. The summed E-state index contributed by atoms with van der Waals surface area (Å²) in [5.74, 6) is 1.71. The van der Waals surface area contributed by atoms with Gasteiger partial charge in [-0.1, -0.05) is 26.7 Å². The fraction of sp³-hybridized carbons (Fsp3) is 0.636. The molecular formula is C11H19BrN4. The number of halogens is 1. The Bertz CT molecular complexity index is 339. The molecule has 0 radical (unpaired) electrons. The van der Waals surface area contributed by atoms with Crippen LogP contribution in [-0.2, 0) is 0 Å². The number of nitrogen functional groups attached to an aromatic ring is 1. The van der Waals surface area contributed by atoms with Gasteiger partial charge in [-0.2, -0.15) is 4.98 Å². The van der Waals surface area contributed by atoms with Crippen molar-refractivity contribution in [2.45, 2.75) is 39.7 Å². The largest absolute Gasteiger partial charge is 0.368 e. The van der Waals surface area contributed by atoms with Crippen LogP contribution in [0.25, 0.3) is 0 Å². The molecule has 0 amide bonds. The highest BCUT2D eigenvalue weighted by Crippen LogP contribution is 2.23. The fourth-order valence-electron chi connectivity index (χ4n) is 1.81. The predicted octanol–water partition coefficient (Wildman–Crippen LogP) is 3.06. The minimum Gasteiger partial charge on any atom is -0.368 e. The van der Waals surface area contributed by atoms with Gasteiger partial charge in [0.25, 0.3) is 0 Å². The molecule has 0 fully saturated rings. The highest BCUT2D eigenvalue weighted by Gasteiger charge is 2.15. The molecule has 0 aliphatic heterocycles. The van der Waals surface area contributed by atoms with Gasteiger partial charge >= 0.3 is 0 Å². The van der Waals surface area contributed by atoms with E-state index in [9.17, 15) is 0 Å². The van der Waals surface area contributed by atoms with Crippen molar-refractivity contribution in [3.63, 3.8) is 0 Å². The van der Waals surface area contributed by atoms with Crippen molar-refractivity contribution in [1.82, 2.24) is 9.97 Å². The maximum absolute atomic E-state index is 5.56. The average Bonchev–Trinajstić information content (AvgIpc) is 2.25. The predicted molar refractivity (Wildman–Crippen MR) is 71.3 cm³/mol. The summed E-state index contributed by atoms with van der Waals surface area (Å²) in [5, 5.41) is 3.37. The molecule has 0 aliphatic rings. The van der Waals surface area contributed by atoms with Crippen LogP contribution < -0.4 is 11.1 Å². The Hall–Kier alpha value is -0.840. The third-order valence-corrected chi connectivity index (χ3v) is 3.46. The molecule has 16 heavy (non-hydrogen) atoms. The zero-order valence-electron chi connectivity index (χ0n) is 10.00.